The molecule has 2 aromatic carbocycles. The molecule has 1 saturated heterocycles. The van der Waals surface area contributed by atoms with Gasteiger partial charge in [-0.25, -0.2) is 13.1 Å². The molecule has 1 heterocycles. The smallest absolute Gasteiger partial charge is 0.211 e. The summed E-state index contributed by atoms with van der Waals surface area (Å²) in [5.74, 6) is 1.88. The first kappa shape index (κ1) is 21.0. The van der Waals surface area contributed by atoms with Crippen LogP contribution in [0.1, 0.15) is 35.4 Å². The number of likely N-dealkylation sites (tertiary alicyclic amines) is 1. The molecule has 0 amide bonds. The molecule has 0 bridgehead atoms. The molecule has 2 saturated carbocycles. The standard InChI is InChI=1S/C25H29ClN2O3S/c1-28-23-24(28)25(23)14-18-7-8-20(31-10-9-27-32(29,30)15-16-5-6-16)13-21(18)22(25)12-17-3-2-4-19(26)11-17/h2-4,7-8,11,13,16,22-24,27H,5-6,9-10,12,14-15H2,1H3. The Kier molecular flexibility index (Phi) is 4.88. The summed E-state index contributed by atoms with van der Waals surface area (Å²) in [6.45, 7) is 0.637. The zero-order valence-electron chi connectivity index (χ0n) is 18.3. The van der Waals surface area contributed by atoms with Crippen LogP contribution in [0, 0.1) is 11.3 Å². The normalized spacial score (nSPS) is 31.9. The van der Waals surface area contributed by atoms with E-state index in [1.165, 1.54) is 16.7 Å². The average Bonchev–Trinajstić information content (AvgIpc) is 3.68. The maximum Gasteiger partial charge on any atom is 0.211 e. The van der Waals surface area contributed by atoms with Crippen molar-refractivity contribution in [1.82, 2.24) is 9.62 Å². The number of rotatable bonds is 9. The fraction of sp³-hybridized carbons (Fsp3) is 0.520. The highest BCUT2D eigenvalue weighted by Crippen LogP contribution is 2.76. The van der Waals surface area contributed by atoms with Crippen molar-refractivity contribution in [2.24, 2.45) is 11.3 Å². The van der Waals surface area contributed by atoms with E-state index in [9.17, 15) is 8.42 Å². The first-order valence-electron chi connectivity index (χ1n) is 11.6. The lowest BCUT2D eigenvalue weighted by Crippen LogP contribution is -2.31. The van der Waals surface area contributed by atoms with Gasteiger partial charge in [0.05, 0.1) is 5.75 Å². The molecule has 1 aliphatic heterocycles. The van der Waals surface area contributed by atoms with Crippen molar-refractivity contribution in [3.8, 4) is 5.75 Å². The van der Waals surface area contributed by atoms with Gasteiger partial charge in [-0.3, -0.25) is 4.90 Å². The Labute approximate surface area is 195 Å². The maximum absolute atomic E-state index is 12.0. The molecular formula is C25H29ClN2O3S. The number of ether oxygens (including phenoxy) is 1. The van der Waals surface area contributed by atoms with Crippen LogP contribution in [0.2, 0.25) is 5.02 Å². The lowest BCUT2D eigenvalue weighted by atomic mass is 9.81. The molecule has 1 N–H and O–H groups in total. The number of nitrogens with one attached hydrogen (secondary N) is 1. The van der Waals surface area contributed by atoms with Crippen LogP contribution < -0.4 is 9.46 Å². The van der Waals surface area contributed by atoms with E-state index in [0.717, 1.165) is 36.5 Å². The van der Waals surface area contributed by atoms with Crippen molar-refractivity contribution < 1.29 is 13.2 Å². The third-order valence-corrected chi connectivity index (χ3v) is 9.68. The second kappa shape index (κ2) is 7.45. The van der Waals surface area contributed by atoms with Gasteiger partial charge in [0.25, 0.3) is 0 Å². The molecule has 0 radical (unpaired) electrons. The van der Waals surface area contributed by atoms with Crippen molar-refractivity contribution >= 4 is 21.6 Å². The van der Waals surface area contributed by atoms with Gasteiger partial charge in [-0.15, -0.1) is 0 Å². The van der Waals surface area contributed by atoms with E-state index in [-0.39, 0.29) is 5.75 Å². The summed E-state index contributed by atoms with van der Waals surface area (Å²) in [5.41, 5.74) is 4.45. The van der Waals surface area contributed by atoms with Gasteiger partial charge in [0.2, 0.25) is 10.0 Å². The Morgan fingerprint density at radius 2 is 2.00 bits per heavy atom. The summed E-state index contributed by atoms with van der Waals surface area (Å²) in [6, 6.07) is 16.0. The van der Waals surface area contributed by atoms with Crippen LogP contribution in [0.4, 0.5) is 0 Å². The number of benzene rings is 2. The van der Waals surface area contributed by atoms with E-state index >= 15 is 0 Å². The number of fused-ring (bicyclic) bond motifs is 4. The summed E-state index contributed by atoms with van der Waals surface area (Å²) in [5, 5.41) is 0.786. The Balaban J connectivity index is 1.15. The van der Waals surface area contributed by atoms with Crippen LogP contribution in [0.5, 0.6) is 5.75 Å². The quantitative estimate of drug-likeness (QED) is 0.447. The van der Waals surface area contributed by atoms with Gasteiger partial charge in [-0.2, -0.15) is 0 Å². The molecule has 3 unspecified atom stereocenters. The minimum absolute atomic E-state index is 0.246. The predicted octanol–water partition coefficient (Wildman–Crippen LogP) is 3.61. The average molecular weight is 473 g/mol. The Bertz CT molecular complexity index is 1150. The largest absolute Gasteiger partial charge is 0.492 e. The minimum atomic E-state index is -3.19. The van der Waals surface area contributed by atoms with Gasteiger partial charge in [-0.05, 0) is 85.5 Å². The molecular weight excluding hydrogens is 444 g/mol. The fourth-order valence-electron chi connectivity index (χ4n) is 6.16. The number of halogens is 1. The molecule has 2 aromatic rings. The molecule has 4 aliphatic rings. The zero-order chi connectivity index (χ0) is 22.1. The Morgan fingerprint density at radius 1 is 1.19 bits per heavy atom. The van der Waals surface area contributed by atoms with Gasteiger partial charge < -0.3 is 4.74 Å². The summed E-state index contributed by atoms with van der Waals surface area (Å²) in [7, 11) is -0.967. The van der Waals surface area contributed by atoms with E-state index in [0.29, 0.717) is 42.5 Å². The first-order chi connectivity index (χ1) is 15.4. The monoisotopic (exact) mass is 472 g/mol. The van der Waals surface area contributed by atoms with Gasteiger partial charge in [0, 0.05) is 29.1 Å². The van der Waals surface area contributed by atoms with E-state index in [1.807, 2.05) is 18.2 Å². The van der Waals surface area contributed by atoms with Gasteiger partial charge in [-0.1, -0.05) is 29.8 Å². The topological polar surface area (TPSA) is 58.4 Å². The van der Waals surface area contributed by atoms with Crippen molar-refractivity contribution in [3.63, 3.8) is 0 Å². The number of nitrogens with zero attached hydrogens (tertiary/aromatic N) is 1. The van der Waals surface area contributed by atoms with E-state index < -0.39 is 10.0 Å². The molecule has 170 valence electrons. The highest BCUT2D eigenvalue weighted by molar-refractivity contribution is 7.89. The SMILES string of the molecule is CN1C2C1C21Cc2ccc(OCCNS(=O)(=O)CC3CC3)cc2C1Cc1cccc(Cl)c1. The molecule has 6 rings (SSSR count). The van der Waals surface area contributed by atoms with E-state index in [4.69, 9.17) is 16.3 Å². The number of likely N-dealkylation sites (N-methyl/N-ethyl adjacent to an activating group) is 1. The van der Waals surface area contributed by atoms with Gasteiger partial charge in [0.15, 0.2) is 0 Å². The van der Waals surface area contributed by atoms with Gasteiger partial charge in [0.1, 0.15) is 12.4 Å². The van der Waals surface area contributed by atoms with Crippen LogP contribution in [-0.2, 0) is 22.9 Å². The number of hydrogen-bond donors (Lipinski definition) is 1. The second-order valence-corrected chi connectivity index (χ2v) is 12.3. The van der Waals surface area contributed by atoms with E-state index in [2.05, 4.69) is 40.9 Å². The summed E-state index contributed by atoms with van der Waals surface area (Å²) >= 11 is 6.26. The highest BCUT2D eigenvalue weighted by atomic mass is 35.5. The van der Waals surface area contributed by atoms with Crippen LogP contribution in [0.3, 0.4) is 0 Å². The predicted molar refractivity (Wildman–Crippen MR) is 126 cm³/mol. The molecule has 3 atom stereocenters. The number of sulfonamides is 1. The van der Waals surface area contributed by atoms with Crippen molar-refractivity contribution in [1.29, 1.82) is 0 Å². The molecule has 5 nitrogen and oxygen atoms in total. The molecule has 3 fully saturated rings. The fourth-order valence-corrected chi connectivity index (χ4v) is 7.84. The van der Waals surface area contributed by atoms with Gasteiger partial charge >= 0.3 is 0 Å². The van der Waals surface area contributed by atoms with Crippen LogP contribution in [0.25, 0.3) is 0 Å². The lowest BCUT2D eigenvalue weighted by Gasteiger charge is -2.29. The third-order valence-electron chi connectivity index (χ3n) is 7.89. The van der Waals surface area contributed by atoms with E-state index in [1.54, 1.807) is 0 Å². The van der Waals surface area contributed by atoms with Crippen molar-refractivity contribution in [2.75, 3.05) is 26.0 Å². The molecule has 1 spiro atoms. The van der Waals surface area contributed by atoms with Crippen LogP contribution in [-0.4, -0.2) is 51.4 Å². The summed E-state index contributed by atoms with van der Waals surface area (Å²) in [4.78, 5) is 2.47. The minimum Gasteiger partial charge on any atom is -0.492 e. The highest BCUT2D eigenvalue weighted by Gasteiger charge is 2.84. The second-order valence-electron chi connectivity index (χ2n) is 10.1. The molecule has 7 heteroatoms. The zero-order valence-corrected chi connectivity index (χ0v) is 19.8. The molecule has 32 heavy (non-hydrogen) atoms. The summed E-state index contributed by atoms with van der Waals surface area (Å²) in [6.07, 6.45) is 4.18. The Morgan fingerprint density at radius 3 is 2.72 bits per heavy atom. The van der Waals surface area contributed by atoms with Crippen LogP contribution >= 0.6 is 11.6 Å². The summed E-state index contributed by atoms with van der Waals surface area (Å²) < 4.78 is 32.7. The number of hydrogen-bond acceptors (Lipinski definition) is 4. The molecule has 3 aliphatic carbocycles. The maximum atomic E-state index is 12.0. The molecule has 0 aromatic heterocycles. The Hall–Kier alpha value is -1.60. The third kappa shape index (κ3) is 3.65. The first-order valence-corrected chi connectivity index (χ1v) is 13.6. The van der Waals surface area contributed by atoms with Crippen molar-refractivity contribution in [2.45, 2.75) is 43.7 Å². The van der Waals surface area contributed by atoms with Crippen LogP contribution in [0.15, 0.2) is 42.5 Å². The lowest BCUT2D eigenvalue weighted by molar-refractivity contribution is 0.226. The van der Waals surface area contributed by atoms with Crippen molar-refractivity contribution in [3.05, 3.63) is 64.2 Å².